The molecule has 1 nitrogen and oxygen atoms in total. The Bertz CT molecular complexity index is 332. The first-order chi connectivity index (χ1) is 6.96. The SMILES string of the molecule is CC(C)(C)[C@@](O)(c1ccccc1)C1CC1. The van der Waals surface area contributed by atoms with Crippen molar-refractivity contribution >= 4 is 0 Å². The van der Waals surface area contributed by atoms with E-state index in [2.05, 4.69) is 20.8 Å². The van der Waals surface area contributed by atoms with Crippen LogP contribution < -0.4 is 0 Å². The predicted molar refractivity (Wildman–Crippen MR) is 62.5 cm³/mol. The van der Waals surface area contributed by atoms with Gasteiger partial charge in [0.1, 0.15) is 0 Å². The first-order valence-corrected chi connectivity index (χ1v) is 5.74. The molecular weight excluding hydrogens is 184 g/mol. The van der Waals surface area contributed by atoms with Gasteiger partial charge in [-0.3, -0.25) is 0 Å². The van der Waals surface area contributed by atoms with Gasteiger partial charge in [-0.05, 0) is 29.7 Å². The van der Waals surface area contributed by atoms with E-state index in [1.165, 1.54) is 0 Å². The van der Waals surface area contributed by atoms with Crippen LogP contribution >= 0.6 is 0 Å². The average Bonchev–Trinajstić information content (AvgIpc) is 2.99. The Labute approximate surface area is 92.1 Å². The number of aliphatic hydroxyl groups is 1. The van der Waals surface area contributed by atoms with Crippen LogP contribution in [-0.4, -0.2) is 5.11 Å². The lowest BCUT2D eigenvalue weighted by Crippen LogP contribution is -2.42. The molecule has 0 aromatic heterocycles. The summed E-state index contributed by atoms with van der Waals surface area (Å²) in [6, 6.07) is 10.1. The molecule has 0 amide bonds. The van der Waals surface area contributed by atoms with Crippen molar-refractivity contribution in [2.75, 3.05) is 0 Å². The van der Waals surface area contributed by atoms with Crippen LogP contribution in [0.25, 0.3) is 0 Å². The van der Waals surface area contributed by atoms with E-state index in [4.69, 9.17) is 0 Å². The molecule has 1 saturated carbocycles. The van der Waals surface area contributed by atoms with Gasteiger partial charge in [0.15, 0.2) is 0 Å². The van der Waals surface area contributed by atoms with Crippen LogP contribution in [0.3, 0.4) is 0 Å². The third-order valence-electron chi connectivity index (χ3n) is 3.53. The summed E-state index contributed by atoms with van der Waals surface area (Å²) >= 11 is 0. The molecule has 1 N–H and O–H groups in total. The summed E-state index contributed by atoms with van der Waals surface area (Å²) < 4.78 is 0. The molecular formula is C14H20O. The third kappa shape index (κ3) is 1.69. The molecule has 0 bridgehead atoms. The highest BCUT2D eigenvalue weighted by Gasteiger charge is 2.52. The second-order valence-electron chi connectivity index (χ2n) is 5.66. The molecule has 82 valence electrons. The molecule has 1 fully saturated rings. The molecule has 1 atom stereocenters. The lowest BCUT2D eigenvalue weighted by molar-refractivity contribution is -0.0839. The van der Waals surface area contributed by atoms with Gasteiger partial charge >= 0.3 is 0 Å². The zero-order valence-corrected chi connectivity index (χ0v) is 9.83. The van der Waals surface area contributed by atoms with E-state index in [0.717, 1.165) is 18.4 Å². The molecule has 0 heterocycles. The summed E-state index contributed by atoms with van der Waals surface area (Å²) in [5.41, 5.74) is 0.309. The van der Waals surface area contributed by atoms with Gasteiger partial charge in [0.05, 0.1) is 5.60 Å². The summed E-state index contributed by atoms with van der Waals surface area (Å²) in [4.78, 5) is 0. The van der Waals surface area contributed by atoms with Crippen LogP contribution in [0.15, 0.2) is 30.3 Å². The maximum atomic E-state index is 11.0. The zero-order valence-electron chi connectivity index (χ0n) is 9.83. The molecule has 1 aliphatic carbocycles. The first kappa shape index (κ1) is 10.7. The normalized spacial score (nSPS) is 21.1. The topological polar surface area (TPSA) is 20.2 Å². The summed E-state index contributed by atoms with van der Waals surface area (Å²) in [7, 11) is 0. The molecule has 1 aliphatic rings. The largest absolute Gasteiger partial charge is 0.384 e. The summed E-state index contributed by atoms with van der Waals surface area (Å²) in [5, 5.41) is 11.0. The Morgan fingerprint density at radius 3 is 2.00 bits per heavy atom. The minimum Gasteiger partial charge on any atom is -0.384 e. The summed E-state index contributed by atoms with van der Waals surface area (Å²) in [6.45, 7) is 6.37. The van der Waals surface area contributed by atoms with E-state index in [-0.39, 0.29) is 5.41 Å². The van der Waals surface area contributed by atoms with Crippen LogP contribution in [0.1, 0.15) is 39.2 Å². The number of hydrogen-bond acceptors (Lipinski definition) is 1. The summed E-state index contributed by atoms with van der Waals surface area (Å²) in [5.74, 6) is 0.444. The quantitative estimate of drug-likeness (QED) is 0.783. The fourth-order valence-electron chi connectivity index (χ4n) is 2.47. The Balaban J connectivity index is 2.44. The van der Waals surface area contributed by atoms with Gasteiger partial charge in [-0.15, -0.1) is 0 Å². The molecule has 2 rings (SSSR count). The predicted octanol–water partition coefficient (Wildman–Crippen LogP) is 3.33. The number of benzene rings is 1. The van der Waals surface area contributed by atoms with Crippen molar-refractivity contribution in [2.45, 2.75) is 39.2 Å². The molecule has 15 heavy (non-hydrogen) atoms. The van der Waals surface area contributed by atoms with E-state index in [1.54, 1.807) is 0 Å². The van der Waals surface area contributed by atoms with Crippen molar-refractivity contribution in [2.24, 2.45) is 11.3 Å². The molecule has 0 unspecified atom stereocenters. The molecule has 0 saturated heterocycles. The highest BCUT2D eigenvalue weighted by Crippen LogP contribution is 2.54. The van der Waals surface area contributed by atoms with Gasteiger partial charge in [-0.1, -0.05) is 51.1 Å². The van der Waals surface area contributed by atoms with Crippen LogP contribution in [0.5, 0.6) is 0 Å². The minimum absolute atomic E-state index is 0.102. The number of hydrogen-bond donors (Lipinski definition) is 1. The average molecular weight is 204 g/mol. The smallest absolute Gasteiger partial charge is 0.0972 e. The second kappa shape index (κ2) is 3.34. The Morgan fingerprint density at radius 2 is 1.60 bits per heavy atom. The molecule has 1 aromatic carbocycles. The monoisotopic (exact) mass is 204 g/mol. The molecule has 1 aromatic rings. The minimum atomic E-state index is -0.658. The van der Waals surface area contributed by atoms with Crippen molar-refractivity contribution < 1.29 is 5.11 Å². The number of rotatable bonds is 2. The van der Waals surface area contributed by atoms with Crippen LogP contribution in [0.2, 0.25) is 0 Å². The zero-order chi connectivity index (χ0) is 11.1. The van der Waals surface area contributed by atoms with Crippen molar-refractivity contribution in [1.29, 1.82) is 0 Å². The summed E-state index contributed by atoms with van der Waals surface area (Å²) in [6.07, 6.45) is 2.31. The van der Waals surface area contributed by atoms with E-state index in [0.29, 0.717) is 5.92 Å². The van der Waals surface area contributed by atoms with E-state index < -0.39 is 5.60 Å². The van der Waals surface area contributed by atoms with E-state index >= 15 is 0 Å². The van der Waals surface area contributed by atoms with Gasteiger partial charge < -0.3 is 5.11 Å². The van der Waals surface area contributed by atoms with E-state index in [9.17, 15) is 5.11 Å². The molecule has 0 spiro atoms. The van der Waals surface area contributed by atoms with Crippen molar-refractivity contribution in [1.82, 2.24) is 0 Å². The first-order valence-electron chi connectivity index (χ1n) is 5.74. The Hall–Kier alpha value is -0.820. The van der Waals surface area contributed by atoms with Crippen LogP contribution in [-0.2, 0) is 5.60 Å². The van der Waals surface area contributed by atoms with Crippen molar-refractivity contribution in [3.05, 3.63) is 35.9 Å². The van der Waals surface area contributed by atoms with Crippen molar-refractivity contribution in [3.63, 3.8) is 0 Å². The van der Waals surface area contributed by atoms with Crippen LogP contribution in [0.4, 0.5) is 0 Å². The van der Waals surface area contributed by atoms with Crippen LogP contribution in [0, 0.1) is 11.3 Å². The molecule has 0 radical (unpaired) electrons. The lowest BCUT2D eigenvalue weighted by atomic mass is 9.69. The highest BCUT2D eigenvalue weighted by molar-refractivity contribution is 5.27. The fourth-order valence-corrected chi connectivity index (χ4v) is 2.47. The molecule has 0 aliphatic heterocycles. The molecule has 1 heteroatoms. The second-order valence-corrected chi connectivity index (χ2v) is 5.66. The van der Waals surface area contributed by atoms with E-state index in [1.807, 2.05) is 30.3 Å². The Kier molecular flexibility index (Phi) is 2.38. The van der Waals surface area contributed by atoms with Gasteiger partial charge in [0.25, 0.3) is 0 Å². The maximum absolute atomic E-state index is 11.0. The van der Waals surface area contributed by atoms with Gasteiger partial charge in [0.2, 0.25) is 0 Å². The lowest BCUT2D eigenvalue weighted by Gasteiger charge is -2.41. The van der Waals surface area contributed by atoms with Crippen molar-refractivity contribution in [3.8, 4) is 0 Å². The standard InChI is InChI=1S/C14H20O/c1-13(2,3)14(15,12-9-10-12)11-7-5-4-6-8-11/h4-8,12,15H,9-10H2,1-3H3/t14-/m1/s1. The Morgan fingerprint density at radius 1 is 1.07 bits per heavy atom. The van der Waals surface area contributed by atoms with Gasteiger partial charge in [0, 0.05) is 0 Å². The van der Waals surface area contributed by atoms with Gasteiger partial charge in [-0.2, -0.15) is 0 Å². The highest BCUT2D eigenvalue weighted by atomic mass is 16.3. The fraction of sp³-hybridized carbons (Fsp3) is 0.571. The van der Waals surface area contributed by atoms with Gasteiger partial charge in [-0.25, -0.2) is 0 Å². The maximum Gasteiger partial charge on any atom is 0.0972 e. The third-order valence-corrected chi connectivity index (χ3v) is 3.53.